The van der Waals surface area contributed by atoms with E-state index in [-0.39, 0.29) is 0 Å². The van der Waals surface area contributed by atoms with Gasteiger partial charge in [0.25, 0.3) is 0 Å². The minimum atomic E-state index is 0.695. The molecule has 0 radical (unpaired) electrons. The first-order chi connectivity index (χ1) is 7.26. The van der Waals surface area contributed by atoms with Crippen molar-refractivity contribution >= 4 is 28.4 Å². The molecule has 3 nitrogen and oxygen atoms in total. The van der Waals surface area contributed by atoms with E-state index in [4.69, 9.17) is 0 Å². The van der Waals surface area contributed by atoms with Crippen LogP contribution in [0.1, 0.15) is 39.4 Å². The van der Waals surface area contributed by atoms with E-state index in [9.17, 15) is 0 Å². The standard InChI is InChI=1S/C10H19N3S2/c1-4-6-11-10-12-9(13-15-10)7-14-8(3)5-2/h8H,4-7H2,1-3H3,(H,11,12,13). The highest BCUT2D eigenvalue weighted by Gasteiger charge is 2.05. The molecule has 1 aromatic rings. The molecule has 1 N–H and O–H groups in total. The van der Waals surface area contributed by atoms with Crippen LogP contribution in [0.4, 0.5) is 5.13 Å². The van der Waals surface area contributed by atoms with Gasteiger partial charge in [-0.15, -0.1) is 0 Å². The Morgan fingerprint density at radius 2 is 2.27 bits per heavy atom. The number of nitrogens with zero attached hydrogens (tertiary/aromatic N) is 2. The minimum absolute atomic E-state index is 0.695. The molecule has 0 aliphatic heterocycles. The maximum absolute atomic E-state index is 4.43. The van der Waals surface area contributed by atoms with Crippen LogP contribution in [0.5, 0.6) is 0 Å². The molecule has 1 aromatic heterocycles. The molecule has 0 amide bonds. The van der Waals surface area contributed by atoms with Gasteiger partial charge < -0.3 is 5.32 Å². The van der Waals surface area contributed by atoms with Gasteiger partial charge in [-0.3, -0.25) is 0 Å². The van der Waals surface area contributed by atoms with E-state index in [1.807, 2.05) is 11.8 Å². The quantitative estimate of drug-likeness (QED) is 0.799. The third kappa shape index (κ3) is 4.84. The highest BCUT2D eigenvalue weighted by Crippen LogP contribution is 2.20. The third-order valence-corrected chi connectivity index (χ3v) is 4.10. The van der Waals surface area contributed by atoms with E-state index in [2.05, 4.69) is 35.4 Å². The summed E-state index contributed by atoms with van der Waals surface area (Å²) in [5.74, 6) is 1.89. The molecule has 0 saturated heterocycles. The Hall–Kier alpha value is -0.290. The molecule has 15 heavy (non-hydrogen) atoms. The van der Waals surface area contributed by atoms with Crippen molar-refractivity contribution in [1.29, 1.82) is 0 Å². The van der Waals surface area contributed by atoms with Crippen molar-refractivity contribution in [2.45, 2.75) is 44.6 Å². The van der Waals surface area contributed by atoms with Crippen molar-refractivity contribution in [3.63, 3.8) is 0 Å². The van der Waals surface area contributed by atoms with Crippen LogP contribution >= 0.6 is 23.3 Å². The Kier molecular flexibility index (Phi) is 6.02. The van der Waals surface area contributed by atoms with Crippen LogP contribution < -0.4 is 5.32 Å². The zero-order valence-electron chi connectivity index (χ0n) is 9.62. The largest absolute Gasteiger partial charge is 0.360 e. The predicted molar refractivity (Wildman–Crippen MR) is 69.7 cm³/mol. The van der Waals surface area contributed by atoms with Crippen molar-refractivity contribution in [3.8, 4) is 0 Å². The predicted octanol–water partition coefficient (Wildman–Crippen LogP) is 3.39. The lowest BCUT2D eigenvalue weighted by Gasteiger charge is -2.04. The molecule has 5 heteroatoms. The lowest BCUT2D eigenvalue weighted by molar-refractivity contribution is 0.903. The van der Waals surface area contributed by atoms with Crippen molar-refractivity contribution in [3.05, 3.63) is 5.82 Å². The maximum atomic E-state index is 4.43. The third-order valence-electron chi connectivity index (χ3n) is 2.07. The van der Waals surface area contributed by atoms with Crippen molar-refractivity contribution < 1.29 is 0 Å². The molecule has 0 spiro atoms. The van der Waals surface area contributed by atoms with Crippen LogP contribution in [0.2, 0.25) is 0 Å². The molecule has 86 valence electrons. The van der Waals surface area contributed by atoms with E-state index in [0.29, 0.717) is 5.25 Å². The first kappa shape index (κ1) is 12.8. The number of rotatable bonds is 7. The van der Waals surface area contributed by atoms with Crippen molar-refractivity contribution in [2.75, 3.05) is 11.9 Å². The average Bonchev–Trinajstić information content (AvgIpc) is 2.71. The van der Waals surface area contributed by atoms with Gasteiger partial charge in [0.05, 0.1) is 5.75 Å². The summed E-state index contributed by atoms with van der Waals surface area (Å²) < 4.78 is 4.32. The van der Waals surface area contributed by atoms with Gasteiger partial charge in [-0.05, 0) is 12.8 Å². The van der Waals surface area contributed by atoms with E-state index in [1.165, 1.54) is 18.0 Å². The van der Waals surface area contributed by atoms with E-state index < -0.39 is 0 Å². The Labute approximate surface area is 100 Å². The molecule has 1 atom stereocenters. The first-order valence-electron chi connectivity index (χ1n) is 5.44. The fourth-order valence-electron chi connectivity index (χ4n) is 0.951. The van der Waals surface area contributed by atoms with Gasteiger partial charge in [-0.1, -0.05) is 20.8 Å². The fourth-order valence-corrected chi connectivity index (χ4v) is 2.44. The SMILES string of the molecule is CCCNc1nc(CSC(C)CC)ns1. The number of nitrogens with one attached hydrogen (secondary N) is 1. The second kappa shape index (κ2) is 7.06. The van der Waals surface area contributed by atoms with Crippen LogP contribution in [-0.2, 0) is 5.75 Å². The number of thioether (sulfide) groups is 1. The zero-order chi connectivity index (χ0) is 11.1. The highest BCUT2D eigenvalue weighted by atomic mass is 32.2. The summed E-state index contributed by atoms with van der Waals surface area (Å²) >= 11 is 3.38. The number of anilines is 1. The lowest BCUT2D eigenvalue weighted by atomic mass is 10.4. The molecule has 1 unspecified atom stereocenters. The molecular weight excluding hydrogens is 226 g/mol. The Bertz CT molecular complexity index is 275. The first-order valence-corrected chi connectivity index (χ1v) is 7.26. The average molecular weight is 245 g/mol. The number of hydrogen-bond donors (Lipinski definition) is 1. The van der Waals surface area contributed by atoms with E-state index >= 15 is 0 Å². The van der Waals surface area contributed by atoms with E-state index in [1.54, 1.807) is 0 Å². The van der Waals surface area contributed by atoms with Crippen LogP contribution in [0, 0.1) is 0 Å². The number of aromatic nitrogens is 2. The molecule has 1 heterocycles. The normalized spacial score (nSPS) is 12.7. The second-order valence-electron chi connectivity index (χ2n) is 3.47. The molecule has 0 aromatic carbocycles. The van der Waals surface area contributed by atoms with Crippen LogP contribution in [-0.4, -0.2) is 21.2 Å². The topological polar surface area (TPSA) is 37.8 Å². The fraction of sp³-hybridized carbons (Fsp3) is 0.800. The Morgan fingerprint density at radius 3 is 2.93 bits per heavy atom. The van der Waals surface area contributed by atoms with Gasteiger partial charge in [-0.25, -0.2) is 4.98 Å². The van der Waals surface area contributed by atoms with Crippen LogP contribution in [0.25, 0.3) is 0 Å². The number of hydrogen-bond acceptors (Lipinski definition) is 5. The van der Waals surface area contributed by atoms with Gasteiger partial charge in [0.1, 0.15) is 0 Å². The summed E-state index contributed by atoms with van der Waals surface area (Å²) in [4.78, 5) is 4.43. The molecule has 0 aliphatic carbocycles. The summed E-state index contributed by atoms with van der Waals surface area (Å²) in [7, 11) is 0. The zero-order valence-corrected chi connectivity index (χ0v) is 11.2. The summed E-state index contributed by atoms with van der Waals surface area (Å²) in [6.45, 7) is 7.58. The van der Waals surface area contributed by atoms with Gasteiger partial charge in [-0.2, -0.15) is 16.1 Å². The molecule has 0 bridgehead atoms. The monoisotopic (exact) mass is 245 g/mol. The van der Waals surface area contributed by atoms with Crippen molar-refractivity contribution in [2.24, 2.45) is 0 Å². The highest BCUT2D eigenvalue weighted by molar-refractivity contribution is 7.99. The van der Waals surface area contributed by atoms with Gasteiger partial charge in [0.15, 0.2) is 5.82 Å². The molecule has 0 saturated carbocycles. The summed E-state index contributed by atoms with van der Waals surface area (Å²) in [6, 6.07) is 0. The van der Waals surface area contributed by atoms with Crippen LogP contribution in [0.3, 0.4) is 0 Å². The lowest BCUT2D eigenvalue weighted by Crippen LogP contribution is -1.99. The minimum Gasteiger partial charge on any atom is -0.360 e. The van der Waals surface area contributed by atoms with Gasteiger partial charge >= 0.3 is 0 Å². The summed E-state index contributed by atoms with van der Waals surface area (Å²) in [5, 5.41) is 4.90. The van der Waals surface area contributed by atoms with Crippen molar-refractivity contribution in [1.82, 2.24) is 9.36 Å². The summed E-state index contributed by atoms with van der Waals surface area (Å²) in [5.41, 5.74) is 0. The molecule has 0 fully saturated rings. The van der Waals surface area contributed by atoms with Crippen LogP contribution in [0.15, 0.2) is 0 Å². The Balaban J connectivity index is 2.32. The van der Waals surface area contributed by atoms with Gasteiger partial charge in [0, 0.05) is 23.3 Å². The molecule has 1 rings (SSSR count). The maximum Gasteiger partial charge on any atom is 0.202 e. The van der Waals surface area contributed by atoms with Gasteiger partial charge in [0.2, 0.25) is 5.13 Å². The second-order valence-corrected chi connectivity index (χ2v) is 5.65. The summed E-state index contributed by atoms with van der Waals surface area (Å²) in [6.07, 6.45) is 2.33. The Morgan fingerprint density at radius 1 is 1.47 bits per heavy atom. The van der Waals surface area contributed by atoms with E-state index in [0.717, 1.165) is 29.7 Å². The smallest absolute Gasteiger partial charge is 0.202 e. The molecular formula is C10H19N3S2. The molecule has 0 aliphatic rings.